The normalized spacial score (nSPS) is 10.0. The van der Waals surface area contributed by atoms with Crippen molar-refractivity contribution >= 4 is 17.8 Å². The van der Waals surface area contributed by atoms with E-state index in [1.165, 1.54) is 36.4 Å². The Hall–Kier alpha value is -3.80. The summed E-state index contributed by atoms with van der Waals surface area (Å²) in [4.78, 5) is 35.4. The topological polar surface area (TPSA) is 105 Å². The third kappa shape index (κ3) is 5.89. The summed E-state index contributed by atoms with van der Waals surface area (Å²) in [6.07, 6.45) is 0. The van der Waals surface area contributed by atoms with Gasteiger partial charge in [-0.15, -0.1) is 0 Å². The molecule has 0 aliphatic rings. The Morgan fingerprint density at radius 3 is 2.41 bits per heavy atom. The van der Waals surface area contributed by atoms with E-state index in [1.807, 2.05) is 11.4 Å². The standard InChI is InChI=1S/C18H12F2N2O5/c19-18(20)27-14-6-4-12(5-7-14)16(24)22-15(23)10-26-17(25)13-3-1-2-11(8-13)9-21/h1-8,18H,10H2,(H,22,23,24). The lowest BCUT2D eigenvalue weighted by atomic mass is 10.1. The van der Waals surface area contributed by atoms with Gasteiger partial charge in [0.15, 0.2) is 6.61 Å². The Kier molecular flexibility index (Phi) is 6.55. The maximum absolute atomic E-state index is 12.1. The molecule has 2 rings (SSSR count). The zero-order chi connectivity index (χ0) is 19.8. The molecule has 0 aliphatic heterocycles. The van der Waals surface area contributed by atoms with Crippen molar-refractivity contribution in [3.05, 3.63) is 65.2 Å². The first-order chi connectivity index (χ1) is 12.9. The summed E-state index contributed by atoms with van der Waals surface area (Å²) in [6, 6.07) is 12.2. The van der Waals surface area contributed by atoms with Gasteiger partial charge in [0.05, 0.1) is 17.2 Å². The molecule has 0 heterocycles. The molecule has 2 aromatic carbocycles. The minimum atomic E-state index is -2.99. The summed E-state index contributed by atoms with van der Waals surface area (Å²) in [5, 5.41) is 10.8. The number of carbonyl (C=O) groups is 3. The van der Waals surface area contributed by atoms with Crippen molar-refractivity contribution in [3.8, 4) is 11.8 Å². The van der Waals surface area contributed by atoms with Crippen LogP contribution in [0.2, 0.25) is 0 Å². The van der Waals surface area contributed by atoms with Crippen LogP contribution >= 0.6 is 0 Å². The third-order valence-corrected chi connectivity index (χ3v) is 3.16. The summed E-state index contributed by atoms with van der Waals surface area (Å²) in [7, 11) is 0. The molecule has 27 heavy (non-hydrogen) atoms. The predicted molar refractivity (Wildman–Crippen MR) is 87.0 cm³/mol. The lowest BCUT2D eigenvalue weighted by Gasteiger charge is -2.07. The summed E-state index contributed by atoms with van der Waals surface area (Å²) in [5.74, 6) is -2.64. The van der Waals surface area contributed by atoms with Crippen LogP contribution in [0.15, 0.2) is 48.5 Å². The van der Waals surface area contributed by atoms with E-state index in [0.29, 0.717) is 0 Å². The van der Waals surface area contributed by atoms with Gasteiger partial charge < -0.3 is 9.47 Å². The number of esters is 1. The molecule has 9 heteroatoms. The molecule has 0 bridgehead atoms. The molecule has 2 aromatic rings. The van der Waals surface area contributed by atoms with Crippen molar-refractivity contribution in [2.75, 3.05) is 6.61 Å². The smallest absolute Gasteiger partial charge is 0.387 e. The van der Waals surface area contributed by atoms with E-state index in [-0.39, 0.29) is 22.4 Å². The second-order valence-corrected chi connectivity index (χ2v) is 5.05. The molecule has 0 fully saturated rings. The number of halogens is 2. The summed E-state index contributed by atoms with van der Waals surface area (Å²) >= 11 is 0. The van der Waals surface area contributed by atoms with Crippen LogP contribution in [0.5, 0.6) is 5.75 Å². The van der Waals surface area contributed by atoms with Crippen molar-refractivity contribution in [2.24, 2.45) is 0 Å². The molecule has 0 atom stereocenters. The van der Waals surface area contributed by atoms with Gasteiger partial charge in [0.2, 0.25) is 0 Å². The number of alkyl halides is 2. The predicted octanol–water partition coefficient (Wildman–Crippen LogP) is 2.27. The van der Waals surface area contributed by atoms with Gasteiger partial charge in [-0.1, -0.05) is 6.07 Å². The van der Waals surface area contributed by atoms with Crippen molar-refractivity contribution in [3.63, 3.8) is 0 Å². The molecule has 0 aromatic heterocycles. The fraction of sp³-hybridized carbons (Fsp3) is 0.111. The van der Waals surface area contributed by atoms with Gasteiger partial charge in [0, 0.05) is 5.56 Å². The average Bonchev–Trinajstić information content (AvgIpc) is 2.66. The van der Waals surface area contributed by atoms with Crippen molar-refractivity contribution in [1.29, 1.82) is 5.26 Å². The number of amides is 2. The number of nitriles is 1. The Balaban J connectivity index is 1.86. The number of rotatable bonds is 6. The molecule has 0 saturated heterocycles. The summed E-state index contributed by atoms with van der Waals surface area (Å²) < 4.78 is 33.0. The van der Waals surface area contributed by atoms with Crippen molar-refractivity contribution in [1.82, 2.24) is 5.32 Å². The number of hydrogen-bond acceptors (Lipinski definition) is 6. The second-order valence-electron chi connectivity index (χ2n) is 5.05. The maximum Gasteiger partial charge on any atom is 0.387 e. The first-order valence-electron chi connectivity index (χ1n) is 7.45. The lowest BCUT2D eigenvalue weighted by Crippen LogP contribution is -2.34. The number of imide groups is 1. The Morgan fingerprint density at radius 2 is 1.78 bits per heavy atom. The summed E-state index contributed by atoms with van der Waals surface area (Å²) in [6.45, 7) is -3.71. The first-order valence-corrected chi connectivity index (χ1v) is 7.45. The van der Waals surface area contributed by atoms with Crippen LogP contribution in [0, 0.1) is 11.3 Å². The van der Waals surface area contributed by atoms with Crippen LogP contribution in [0.3, 0.4) is 0 Å². The highest BCUT2D eigenvalue weighted by Crippen LogP contribution is 2.14. The van der Waals surface area contributed by atoms with Crippen LogP contribution in [-0.2, 0) is 9.53 Å². The maximum atomic E-state index is 12.1. The van der Waals surface area contributed by atoms with Crippen LogP contribution < -0.4 is 10.1 Å². The average molecular weight is 374 g/mol. The Labute approximate surface area is 152 Å². The quantitative estimate of drug-likeness (QED) is 0.778. The van der Waals surface area contributed by atoms with E-state index in [9.17, 15) is 23.2 Å². The van der Waals surface area contributed by atoms with E-state index >= 15 is 0 Å². The Bertz CT molecular complexity index is 891. The molecular weight excluding hydrogens is 362 g/mol. The number of benzene rings is 2. The van der Waals surface area contributed by atoms with Crippen LogP contribution in [0.1, 0.15) is 26.3 Å². The zero-order valence-electron chi connectivity index (χ0n) is 13.6. The SMILES string of the molecule is N#Cc1cccc(C(=O)OCC(=O)NC(=O)c2ccc(OC(F)F)cc2)c1. The first kappa shape index (κ1) is 19.5. The molecule has 1 N–H and O–H groups in total. The fourth-order valence-electron chi connectivity index (χ4n) is 1.95. The van der Waals surface area contributed by atoms with Gasteiger partial charge in [0.25, 0.3) is 11.8 Å². The molecular formula is C18H12F2N2O5. The van der Waals surface area contributed by atoms with Gasteiger partial charge in [-0.05, 0) is 42.5 Å². The summed E-state index contributed by atoms with van der Waals surface area (Å²) in [5.41, 5.74) is 0.365. The minimum Gasteiger partial charge on any atom is -0.452 e. The van der Waals surface area contributed by atoms with E-state index in [4.69, 9.17) is 10.00 Å². The van der Waals surface area contributed by atoms with Gasteiger partial charge in [-0.3, -0.25) is 14.9 Å². The number of nitrogens with one attached hydrogen (secondary N) is 1. The highest BCUT2D eigenvalue weighted by Gasteiger charge is 2.14. The Morgan fingerprint density at radius 1 is 1.07 bits per heavy atom. The van der Waals surface area contributed by atoms with Crippen molar-refractivity contribution < 1.29 is 32.6 Å². The van der Waals surface area contributed by atoms with Crippen LogP contribution in [-0.4, -0.2) is 31.0 Å². The van der Waals surface area contributed by atoms with Crippen LogP contribution in [0.4, 0.5) is 8.78 Å². The molecule has 0 radical (unpaired) electrons. The molecule has 7 nitrogen and oxygen atoms in total. The van der Waals surface area contributed by atoms with E-state index in [2.05, 4.69) is 4.74 Å². The minimum absolute atomic E-state index is 0.0259. The molecule has 0 unspecified atom stereocenters. The fourth-order valence-corrected chi connectivity index (χ4v) is 1.95. The zero-order valence-corrected chi connectivity index (χ0v) is 13.6. The van der Waals surface area contributed by atoms with Gasteiger partial charge in [-0.25, -0.2) is 4.79 Å². The largest absolute Gasteiger partial charge is 0.452 e. The van der Waals surface area contributed by atoms with Crippen molar-refractivity contribution in [2.45, 2.75) is 6.61 Å². The lowest BCUT2D eigenvalue weighted by molar-refractivity contribution is -0.123. The highest BCUT2D eigenvalue weighted by atomic mass is 19.3. The number of ether oxygens (including phenoxy) is 2. The van der Waals surface area contributed by atoms with Crippen LogP contribution in [0.25, 0.3) is 0 Å². The number of carbonyl (C=O) groups excluding carboxylic acids is 3. The third-order valence-electron chi connectivity index (χ3n) is 3.16. The van der Waals surface area contributed by atoms with Gasteiger partial charge in [-0.2, -0.15) is 14.0 Å². The van der Waals surface area contributed by atoms with E-state index < -0.39 is 31.0 Å². The number of hydrogen-bond donors (Lipinski definition) is 1. The highest BCUT2D eigenvalue weighted by molar-refractivity contribution is 6.05. The molecule has 0 spiro atoms. The molecule has 0 aliphatic carbocycles. The second kappa shape index (κ2) is 9.05. The molecule has 0 saturated carbocycles. The van der Waals surface area contributed by atoms with Gasteiger partial charge >= 0.3 is 12.6 Å². The molecule has 138 valence electrons. The van der Waals surface area contributed by atoms with Gasteiger partial charge in [0.1, 0.15) is 5.75 Å². The van der Waals surface area contributed by atoms with E-state index in [1.54, 1.807) is 0 Å². The monoisotopic (exact) mass is 374 g/mol. The molecule has 2 amide bonds. The van der Waals surface area contributed by atoms with E-state index in [0.717, 1.165) is 12.1 Å². The number of nitrogens with zero attached hydrogens (tertiary/aromatic N) is 1.